The first-order valence-electron chi connectivity index (χ1n) is 12.8. The van der Waals surface area contributed by atoms with Crippen LogP contribution < -0.4 is 15.5 Å². The minimum absolute atomic E-state index is 0.000321. The molecular weight excluding hydrogens is 557 g/mol. The monoisotopic (exact) mass is 584 g/mol. The molecule has 39 heavy (non-hydrogen) atoms. The van der Waals surface area contributed by atoms with E-state index in [9.17, 15) is 27.6 Å². The van der Waals surface area contributed by atoms with E-state index < -0.39 is 29.6 Å². The summed E-state index contributed by atoms with van der Waals surface area (Å²) in [5, 5.41) is 5.46. The van der Waals surface area contributed by atoms with Crippen LogP contribution in [-0.2, 0) is 20.5 Å². The van der Waals surface area contributed by atoms with Crippen molar-refractivity contribution in [2.24, 2.45) is 0 Å². The first-order valence-corrected chi connectivity index (χ1v) is 14.0. The minimum Gasteiger partial charge on any atom is -0.370 e. The van der Waals surface area contributed by atoms with Crippen LogP contribution in [0, 0.1) is 0 Å². The maximum Gasteiger partial charge on any atom is 0.418 e. The zero-order valence-electron chi connectivity index (χ0n) is 20.9. The number of halogens is 4. The number of hydrogen-bond donors (Lipinski definition) is 2. The van der Waals surface area contributed by atoms with Crippen molar-refractivity contribution < 1.29 is 32.3 Å². The first kappa shape index (κ1) is 27.9. The molecule has 2 heterocycles. The van der Waals surface area contributed by atoms with Crippen molar-refractivity contribution in [3.05, 3.63) is 45.1 Å². The molecule has 210 valence electrons. The lowest BCUT2D eigenvalue weighted by Gasteiger charge is -2.42. The Bertz CT molecular complexity index is 1250. The summed E-state index contributed by atoms with van der Waals surface area (Å²) in [7, 11) is 0. The van der Waals surface area contributed by atoms with Gasteiger partial charge in [0.2, 0.25) is 5.91 Å². The van der Waals surface area contributed by atoms with Gasteiger partial charge in [0, 0.05) is 30.9 Å². The molecule has 2 N–H and O–H groups in total. The van der Waals surface area contributed by atoms with E-state index in [0.717, 1.165) is 54.4 Å². The van der Waals surface area contributed by atoms with Crippen molar-refractivity contribution in [3.8, 4) is 0 Å². The van der Waals surface area contributed by atoms with E-state index in [4.69, 9.17) is 16.3 Å². The molecule has 8 nitrogen and oxygen atoms in total. The van der Waals surface area contributed by atoms with Gasteiger partial charge in [0.1, 0.15) is 12.6 Å². The van der Waals surface area contributed by atoms with Gasteiger partial charge in [-0.2, -0.15) is 13.2 Å². The molecule has 1 aliphatic heterocycles. The van der Waals surface area contributed by atoms with Crippen LogP contribution in [0.25, 0.3) is 0 Å². The molecule has 13 heteroatoms. The van der Waals surface area contributed by atoms with Gasteiger partial charge in [0.25, 0.3) is 11.8 Å². The third-order valence-corrected chi connectivity index (χ3v) is 8.46. The summed E-state index contributed by atoms with van der Waals surface area (Å²) in [5.74, 6) is -1.43. The molecule has 1 atom stereocenters. The number of rotatable bonds is 9. The molecule has 1 aromatic carbocycles. The Morgan fingerprint density at radius 3 is 2.49 bits per heavy atom. The van der Waals surface area contributed by atoms with Crippen molar-refractivity contribution in [1.29, 1.82) is 0 Å². The summed E-state index contributed by atoms with van der Waals surface area (Å²) in [6.07, 6.45) is -0.00996. The summed E-state index contributed by atoms with van der Waals surface area (Å²) >= 11 is 7.07. The molecule has 2 aromatic rings. The van der Waals surface area contributed by atoms with Crippen LogP contribution in [0.4, 0.5) is 24.5 Å². The summed E-state index contributed by atoms with van der Waals surface area (Å²) in [6, 6.07) is 6.23. The number of carbonyl (C=O) groups is 3. The second-order valence-electron chi connectivity index (χ2n) is 9.91. The van der Waals surface area contributed by atoms with Crippen molar-refractivity contribution in [2.45, 2.75) is 56.4 Å². The molecule has 0 radical (unpaired) electrons. The van der Waals surface area contributed by atoms with Crippen molar-refractivity contribution >= 4 is 52.0 Å². The molecule has 0 spiro atoms. The smallest absolute Gasteiger partial charge is 0.370 e. The number of morpholine rings is 1. The number of nitrogens with zero attached hydrogens (tertiary/aromatic N) is 2. The Hall–Kier alpha value is -2.67. The Kier molecular flexibility index (Phi) is 8.18. The Labute approximate surface area is 232 Å². The minimum atomic E-state index is -4.75. The van der Waals surface area contributed by atoms with Gasteiger partial charge in [-0.1, -0.05) is 18.0 Å². The third-order valence-electron chi connectivity index (χ3n) is 7.23. The first-order chi connectivity index (χ1) is 18.6. The van der Waals surface area contributed by atoms with Crippen molar-refractivity contribution in [1.82, 2.24) is 10.2 Å². The van der Waals surface area contributed by atoms with Gasteiger partial charge in [-0.15, -0.1) is 11.3 Å². The highest BCUT2D eigenvalue weighted by Gasteiger charge is 2.43. The van der Waals surface area contributed by atoms with Crippen LogP contribution in [0.3, 0.4) is 0 Å². The van der Waals surface area contributed by atoms with E-state index in [1.165, 1.54) is 12.1 Å². The highest BCUT2D eigenvalue weighted by molar-refractivity contribution is 7.18. The number of benzene rings is 1. The molecular formula is C26H28ClF3N4O4S. The summed E-state index contributed by atoms with van der Waals surface area (Å²) in [5.41, 5.74) is -1.34. The molecule has 3 amide bonds. The number of ether oxygens (including phenoxy) is 1. The van der Waals surface area contributed by atoms with Gasteiger partial charge in [0.15, 0.2) is 0 Å². The SMILES string of the molecule is O=C(NC[C@@H](C(=O)Nc1ccc(N2CCOCC2=O)c(C(F)(F)F)c1)N(C1CCC1)C1CC1)c1ccc(Cl)s1. The topological polar surface area (TPSA) is 91.0 Å². The predicted molar refractivity (Wildman–Crippen MR) is 141 cm³/mol. The summed E-state index contributed by atoms with van der Waals surface area (Å²) < 4.78 is 47.6. The van der Waals surface area contributed by atoms with E-state index in [1.54, 1.807) is 12.1 Å². The molecule has 2 aliphatic carbocycles. The summed E-state index contributed by atoms with van der Waals surface area (Å²) in [4.78, 5) is 42.1. The Balaban J connectivity index is 1.38. The zero-order valence-corrected chi connectivity index (χ0v) is 22.5. The van der Waals surface area contributed by atoms with E-state index >= 15 is 0 Å². The maximum absolute atomic E-state index is 14.0. The lowest BCUT2D eigenvalue weighted by Crippen LogP contribution is -2.57. The second kappa shape index (κ2) is 11.4. The number of amides is 3. The maximum atomic E-state index is 14.0. The molecule has 3 aliphatic rings. The van der Waals surface area contributed by atoms with Crippen LogP contribution in [0.2, 0.25) is 4.34 Å². The molecule has 0 bridgehead atoms. The van der Waals surface area contributed by atoms with Gasteiger partial charge in [-0.05, 0) is 56.0 Å². The fourth-order valence-electron chi connectivity index (χ4n) is 4.99. The van der Waals surface area contributed by atoms with Crippen LogP contribution >= 0.6 is 22.9 Å². The number of nitrogens with one attached hydrogen (secondary N) is 2. The number of alkyl halides is 3. The van der Waals surface area contributed by atoms with Gasteiger partial charge < -0.3 is 20.3 Å². The fraction of sp³-hybridized carbons (Fsp3) is 0.500. The molecule has 2 saturated carbocycles. The van der Waals surface area contributed by atoms with Crippen molar-refractivity contribution in [2.75, 3.05) is 36.5 Å². The van der Waals surface area contributed by atoms with E-state index in [0.29, 0.717) is 9.21 Å². The van der Waals surface area contributed by atoms with Gasteiger partial charge in [-0.3, -0.25) is 19.3 Å². The van der Waals surface area contributed by atoms with E-state index in [-0.39, 0.29) is 55.7 Å². The average Bonchev–Trinajstić information content (AvgIpc) is 3.61. The average molecular weight is 585 g/mol. The van der Waals surface area contributed by atoms with E-state index in [1.807, 2.05) is 0 Å². The predicted octanol–water partition coefficient (Wildman–Crippen LogP) is 4.54. The van der Waals surface area contributed by atoms with Crippen molar-refractivity contribution in [3.63, 3.8) is 0 Å². The normalized spacial score (nSPS) is 19.1. The van der Waals surface area contributed by atoms with Crippen LogP contribution in [0.1, 0.15) is 47.3 Å². The van der Waals surface area contributed by atoms with Gasteiger partial charge in [-0.25, -0.2) is 0 Å². The van der Waals surface area contributed by atoms with Gasteiger partial charge in [0.05, 0.1) is 27.1 Å². The highest BCUT2D eigenvalue weighted by Crippen LogP contribution is 2.40. The van der Waals surface area contributed by atoms with Crippen LogP contribution in [0.5, 0.6) is 0 Å². The Morgan fingerprint density at radius 2 is 1.90 bits per heavy atom. The number of carbonyl (C=O) groups excluding carboxylic acids is 3. The molecule has 3 fully saturated rings. The van der Waals surface area contributed by atoms with Crippen LogP contribution in [-0.4, -0.2) is 67.1 Å². The van der Waals surface area contributed by atoms with Crippen LogP contribution in [0.15, 0.2) is 30.3 Å². The molecule has 1 aromatic heterocycles. The number of anilines is 2. The lowest BCUT2D eigenvalue weighted by molar-refractivity contribution is -0.137. The quantitative estimate of drug-likeness (QED) is 0.452. The standard InChI is InChI=1S/C26H28ClF3N4O4S/c27-22-9-8-21(39-22)25(37)31-13-20(34(17-5-6-17)16-2-1-3-16)24(36)32-15-4-7-19(18(12-15)26(28,29)30)33-10-11-38-14-23(33)35/h4,7-9,12,16-17,20H,1-3,5-6,10-11,13-14H2,(H,31,37)(H,32,36)/t20-/m0/s1. The Morgan fingerprint density at radius 1 is 1.15 bits per heavy atom. The lowest BCUT2D eigenvalue weighted by atomic mass is 9.89. The number of thiophene rings is 1. The largest absolute Gasteiger partial charge is 0.418 e. The number of hydrogen-bond acceptors (Lipinski definition) is 6. The molecule has 1 saturated heterocycles. The zero-order chi connectivity index (χ0) is 27.7. The molecule has 5 rings (SSSR count). The fourth-order valence-corrected chi connectivity index (χ4v) is 5.94. The molecule has 0 unspecified atom stereocenters. The second-order valence-corrected chi connectivity index (χ2v) is 11.6. The summed E-state index contributed by atoms with van der Waals surface area (Å²) in [6.45, 7) is -0.161. The van der Waals surface area contributed by atoms with E-state index in [2.05, 4.69) is 15.5 Å². The third kappa shape index (κ3) is 6.40. The van der Waals surface area contributed by atoms with Gasteiger partial charge >= 0.3 is 6.18 Å². The highest BCUT2D eigenvalue weighted by atomic mass is 35.5.